The van der Waals surface area contributed by atoms with Gasteiger partial charge in [0.05, 0.1) is 0 Å². The zero-order valence-electron chi connectivity index (χ0n) is 9.44. The van der Waals surface area contributed by atoms with Gasteiger partial charge in [-0.25, -0.2) is 0 Å². The Labute approximate surface area is 81.9 Å². The van der Waals surface area contributed by atoms with Crippen molar-refractivity contribution in [2.24, 2.45) is 10.8 Å². The molecule has 0 atom stereocenters. The van der Waals surface area contributed by atoms with Crippen molar-refractivity contribution in [1.29, 1.82) is 0 Å². The first-order chi connectivity index (χ1) is 5.92. The fourth-order valence-corrected chi connectivity index (χ4v) is 2.59. The number of ketones is 1. The van der Waals surface area contributed by atoms with Crippen molar-refractivity contribution < 1.29 is 4.79 Å². The van der Waals surface area contributed by atoms with E-state index in [2.05, 4.69) is 6.92 Å². The van der Waals surface area contributed by atoms with E-state index >= 15 is 0 Å². The molecule has 1 heteroatoms. The molecule has 0 aromatic rings. The number of carbonyl (C=O) groups is 1. The maximum absolute atomic E-state index is 12.2. The molecule has 1 aliphatic carbocycles. The maximum Gasteiger partial charge on any atom is 0.144 e. The molecular formula is C12H22O. The van der Waals surface area contributed by atoms with Crippen molar-refractivity contribution in [3.63, 3.8) is 0 Å². The lowest BCUT2D eigenvalue weighted by Crippen LogP contribution is -2.36. The summed E-state index contributed by atoms with van der Waals surface area (Å²) in [5.41, 5.74) is -0.112. The van der Waals surface area contributed by atoms with Crippen LogP contribution in [0.1, 0.15) is 59.8 Å². The van der Waals surface area contributed by atoms with Crippen molar-refractivity contribution in [3.8, 4) is 0 Å². The van der Waals surface area contributed by atoms with Crippen LogP contribution in [0.4, 0.5) is 0 Å². The quantitative estimate of drug-likeness (QED) is 0.638. The van der Waals surface area contributed by atoms with Crippen LogP contribution in [0.25, 0.3) is 0 Å². The molecule has 0 bridgehead atoms. The molecule has 0 spiro atoms. The van der Waals surface area contributed by atoms with Crippen molar-refractivity contribution in [2.45, 2.75) is 59.8 Å². The smallest absolute Gasteiger partial charge is 0.144 e. The van der Waals surface area contributed by atoms with Gasteiger partial charge in [0.2, 0.25) is 0 Å². The largest absolute Gasteiger partial charge is 0.298 e. The Bertz CT molecular complexity index is 192. The molecule has 13 heavy (non-hydrogen) atoms. The summed E-state index contributed by atoms with van der Waals surface area (Å²) in [6.45, 7) is 8.30. The fourth-order valence-electron chi connectivity index (χ4n) is 2.59. The standard InChI is InChI=1S/C12H22O/c1-5-12(8-6-7-9-12)10(13)11(2,3)4/h5-9H2,1-4H3. The van der Waals surface area contributed by atoms with E-state index < -0.39 is 0 Å². The van der Waals surface area contributed by atoms with Gasteiger partial charge in [0.15, 0.2) is 0 Å². The second kappa shape index (κ2) is 3.43. The Morgan fingerprint density at radius 2 is 1.69 bits per heavy atom. The average molecular weight is 182 g/mol. The van der Waals surface area contributed by atoms with Gasteiger partial charge < -0.3 is 0 Å². The Balaban J connectivity index is 2.83. The monoisotopic (exact) mass is 182 g/mol. The van der Waals surface area contributed by atoms with Crippen LogP contribution < -0.4 is 0 Å². The third kappa shape index (κ3) is 1.95. The summed E-state index contributed by atoms with van der Waals surface area (Å²) in [6.07, 6.45) is 5.77. The molecule has 0 aromatic carbocycles. The van der Waals surface area contributed by atoms with Gasteiger partial charge in [-0.15, -0.1) is 0 Å². The van der Waals surface area contributed by atoms with Crippen LogP contribution in [0.15, 0.2) is 0 Å². The highest BCUT2D eigenvalue weighted by molar-refractivity contribution is 5.89. The van der Waals surface area contributed by atoms with Crippen LogP contribution in [-0.2, 0) is 4.79 Å². The second-order valence-corrected chi connectivity index (χ2v) is 5.42. The molecule has 1 nitrogen and oxygen atoms in total. The summed E-state index contributed by atoms with van der Waals surface area (Å²) in [5.74, 6) is 0.486. The van der Waals surface area contributed by atoms with E-state index in [1.54, 1.807) is 0 Å². The lowest BCUT2D eigenvalue weighted by molar-refractivity contribution is -0.136. The normalized spacial score (nSPS) is 21.8. The SMILES string of the molecule is CCC1(C(=O)C(C)(C)C)CCCC1. The highest BCUT2D eigenvalue weighted by atomic mass is 16.1. The van der Waals surface area contributed by atoms with E-state index in [0.29, 0.717) is 5.78 Å². The van der Waals surface area contributed by atoms with Crippen LogP contribution >= 0.6 is 0 Å². The maximum atomic E-state index is 12.2. The molecule has 1 rings (SSSR count). The number of rotatable bonds is 2. The topological polar surface area (TPSA) is 17.1 Å². The Morgan fingerprint density at radius 3 is 2.00 bits per heavy atom. The molecule has 0 aromatic heterocycles. The zero-order chi connectivity index (χ0) is 10.1. The van der Waals surface area contributed by atoms with Crippen molar-refractivity contribution in [3.05, 3.63) is 0 Å². The molecule has 1 saturated carbocycles. The molecule has 76 valence electrons. The molecule has 0 aliphatic heterocycles. The summed E-state index contributed by atoms with van der Waals surface area (Å²) < 4.78 is 0. The Hall–Kier alpha value is -0.330. The van der Waals surface area contributed by atoms with Gasteiger partial charge in [-0.3, -0.25) is 4.79 Å². The second-order valence-electron chi connectivity index (χ2n) is 5.42. The van der Waals surface area contributed by atoms with E-state index in [0.717, 1.165) is 19.3 Å². The minimum atomic E-state index is -0.152. The van der Waals surface area contributed by atoms with Gasteiger partial charge in [0.1, 0.15) is 5.78 Å². The number of hydrogen-bond donors (Lipinski definition) is 0. The lowest BCUT2D eigenvalue weighted by Gasteiger charge is -2.32. The summed E-state index contributed by atoms with van der Waals surface area (Å²) >= 11 is 0. The van der Waals surface area contributed by atoms with Crippen LogP contribution in [0.2, 0.25) is 0 Å². The molecule has 0 unspecified atom stereocenters. The van der Waals surface area contributed by atoms with Crippen LogP contribution in [0.5, 0.6) is 0 Å². The number of carbonyl (C=O) groups excluding carboxylic acids is 1. The summed E-state index contributed by atoms with van der Waals surface area (Å²) in [7, 11) is 0. The van der Waals surface area contributed by atoms with E-state index in [9.17, 15) is 4.79 Å². The average Bonchev–Trinajstić information content (AvgIpc) is 2.50. The number of Topliss-reactive ketones (excluding diaryl/α,β-unsaturated/α-hetero) is 1. The highest BCUT2D eigenvalue weighted by Crippen LogP contribution is 2.45. The molecule has 0 N–H and O–H groups in total. The Morgan fingerprint density at radius 1 is 1.23 bits per heavy atom. The minimum Gasteiger partial charge on any atom is -0.298 e. The van der Waals surface area contributed by atoms with Gasteiger partial charge in [-0.2, -0.15) is 0 Å². The molecular weight excluding hydrogens is 160 g/mol. The van der Waals surface area contributed by atoms with Gasteiger partial charge in [0.25, 0.3) is 0 Å². The minimum absolute atomic E-state index is 0.0399. The summed E-state index contributed by atoms with van der Waals surface area (Å²) in [6, 6.07) is 0. The Kier molecular flexibility index (Phi) is 2.84. The van der Waals surface area contributed by atoms with E-state index in [1.165, 1.54) is 12.8 Å². The molecule has 0 saturated heterocycles. The van der Waals surface area contributed by atoms with Crippen LogP contribution in [0.3, 0.4) is 0 Å². The third-order valence-electron chi connectivity index (χ3n) is 3.40. The molecule has 1 aliphatic rings. The first-order valence-electron chi connectivity index (χ1n) is 5.47. The van der Waals surface area contributed by atoms with E-state index in [4.69, 9.17) is 0 Å². The van der Waals surface area contributed by atoms with E-state index in [1.807, 2.05) is 20.8 Å². The van der Waals surface area contributed by atoms with Gasteiger partial charge in [-0.05, 0) is 19.3 Å². The molecule has 0 amide bonds. The lowest BCUT2D eigenvalue weighted by atomic mass is 9.70. The number of hydrogen-bond acceptors (Lipinski definition) is 1. The predicted molar refractivity (Wildman–Crippen MR) is 55.7 cm³/mol. The molecule has 0 radical (unpaired) electrons. The van der Waals surface area contributed by atoms with Gasteiger partial charge in [-0.1, -0.05) is 40.5 Å². The third-order valence-corrected chi connectivity index (χ3v) is 3.40. The van der Waals surface area contributed by atoms with Crippen LogP contribution in [-0.4, -0.2) is 5.78 Å². The van der Waals surface area contributed by atoms with Crippen molar-refractivity contribution in [2.75, 3.05) is 0 Å². The van der Waals surface area contributed by atoms with Gasteiger partial charge >= 0.3 is 0 Å². The van der Waals surface area contributed by atoms with Crippen molar-refractivity contribution in [1.82, 2.24) is 0 Å². The first kappa shape index (κ1) is 10.7. The first-order valence-corrected chi connectivity index (χ1v) is 5.47. The summed E-state index contributed by atoms with van der Waals surface area (Å²) in [5, 5.41) is 0. The zero-order valence-corrected chi connectivity index (χ0v) is 9.44. The van der Waals surface area contributed by atoms with Gasteiger partial charge in [0, 0.05) is 10.8 Å². The highest BCUT2D eigenvalue weighted by Gasteiger charge is 2.43. The summed E-state index contributed by atoms with van der Waals surface area (Å²) in [4.78, 5) is 12.2. The molecule has 0 heterocycles. The van der Waals surface area contributed by atoms with Crippen molar-refractivity contribution >= 4 is 5.78 Å². The predicted octanol–water partition coefficient (Wildman–Crippen LogP) is 3.57. The van der Waals surface area contributed by atoms with E-state index in [-0.39, 0.29) is 10.8 Å². The fraction of sp³-hybridized carbons (Fsp3) is 0.917. The molecule has 1 fully saturated rings. The van der Waals surface area contributed by atoms with Crippen LogP contribution in [0, 0.1) is 10.8 Å².